The predicted octanol–water partition coefficient (Wildman–Crippen LogP) is 16.3. The van der Waals surface area contributed by atoms with Gasteiger partial charge in [-0.15, -0.1) is 0 Å². The summed E-state index contributed by atoms with van der Waals surface area (Å²) in [7, 11) is 0. The van der Waals surface area contributed by atoms with Gasteiger partial charge in [0.1, 0.15) is 11.2 Å². The molecule has 0 saturated carbocycles. The number of anilines is 3. The standard InChI is InChI=1S/C58H38N2O/c1-2-21-46-40(15-1)16-13-31-53(46)59(44-35-33-39(34-36-44)41-17-11-18-42(37-41)48-26-14-27-52-51-25-6-10-32-57(51)61-58(48)52)45-20-12-19-43(38-45)47-22-3-7-28-54(47)60-55-29-8-4-23-49(55)50-24-5-9-30-56(50)60/h1-38H. The van der Waals surface area contributed by atoms with Gasteiger partial charge in [0.25, 0.3) is 0 Å². The van der Waals surface area contributed by atoms with E-state index in [0.717, 1.165) is 72.5 Å². The highest BCUT2D eigenvalue weighted by Crippen LogP contribution is 2.43. The van der Waals surface area contributed by atoms with Crippen molar-refractivity contribution in [3.63, 3.8) is 0 Å². The van der Waals surface area contributed by atoms with Crippen molar-refractivity contribution in [2.75, 3.05) is 4.90 Å². The molecule has 0 aliphatic rings. The lowest BCUT2D eigenvalue weighted by Crippen LogP contribution is -2.10. The molecule has 3 nitrogen and oxygen atoms in total. The highest BCUT2D eigenvalue weighted by Gasteiger charge is 2.19. The van der Waals surface area contributed by atoms with Gasteiger partial charge in [0.15, 0.2) is 0 Å². The maximum absolute atomic E-state index is 6.43. The fourth-order valence-corrected chi connectivity index (χ4v) is 9.38. The first kappa shape index (κ1) is 34.9. The Kier molecular flexibility index (Phi) is 8.17. The maximum atomic E-state index is 6.43. The van der Waals surface area contributed by atoms with Crippen LogP contribution in [0.1, 0.15) is 0 Å². The van der Waals surface area contributed by atoms with Crippen molar-refractivity contribution in [2.24, 2.45) is 0 Å². The molecule has 10 aromatic carbocycles. The van der Waals surface area contributed by atoms with Gasteiger partial charge in [-0.3, -0.25) is 0 Å². The molecular weight excluding hydrogens is 741 g/mol. The number of nitrogens with zero attached hydrogens (tertiary/aromatic N) is 2. The Labute approximate surface area is 353 Å². The Hall–Kier alpha value is -8.14. The molecule has 2 aromatic heterocycles. The van der Waals surface area contributed by atoms with E-state index in [4.69, 9.17) is 4.42 Å². The topological polar surface area (TPSA) is 21.3 Å². The largest absolute Gasteiger partial charge is 0.455 e. The first-order chi connectivity index (χ1) is 30.3. The van der Waals surface area contributed by atoms with Crippen LogP contribution in [0.2, 0.25) is 0 Å². The summed E-state index contributed by atoms with van der Waals surface area (Å²) in [6.45, 7) is 0. The zero-order valence-electron chi connectivity index (χ0n) is 33.2. The molecule has 0 N–H and O–H groups in total. The number of hydrogen-bond acceptors (Lipinski definition) is 2. The number of aromatic nitrogens is 1. The van der Waals surface area contributed by atoms with Gasteiger partial charge < -0.3 is 13.9 Å². The first-order valence-electron chi connectivity index (χ1n) is 20.8. The molecule has 0 aliphatic carbocycles. The van der Waals surface area contributed by atoms with Crippen molar-refractivity contribution in [1.29, 1.82) is 0 Å². The predicted molar refractivity (Wildman–Crippen MR) is 257 cm³/mol. The van der Waals surface area contributed by atoms with Gasteiger partial charge in [-0.25, -0.2) is 0 Å². The van der Waals surface area contributed by atoms with Gasteiger partial charge in [-0.1, -0.05) is 170 Å². The molecule has 3 heteroatoms. The van der Waals surface area contributed by atoms with Crippen molar-refractivity contribution in [2.45, 2.75) is 0 Å². The molecule has 0 spiro atoms. The Balaban J connectivity index is 0.972. The SMILES string of the molecule is c1cc(-c2ccc(N(c3cccc(-c4ccccc4-n4c5ccccc5c5ccccc54)c3)c3cccc4ccccc34)cc2)cc(-c2cccc3c2oc2ccccc23)c1. The number of para-hydroxylation sites is 5. The smallest absolute Gasteiger partial charge is 0.143 e. The summed E-state index contributed by atoms with van der Waals surface area (Å²) in [6.07, 6.45) is 0. The van der Waals surface area contributed by atoms with Crippen LogP contribution >= 0.6 is 0 Å². The van der Waals surface area contributed by atoms with Crippen LogP contribution in [0.4, 0.5) is 17.1 Å². The maximum Gasteiger partial charge on any atom is 0.143 e. The third-order valence-corrected chi connectivity index (χ3v) is 12.2. The summed E-state index contributed by atoms with van der Waals surface area (Å²) in [4.78, 5) is 2.40. The van der Waals surface area contributed by atoms with Crippen molar-refractivity contribution < 1.29 is 4.42 Å². The van der Waals surface area contributed by atoms with Gasteiger partial charge in [0.05, 0.1) is 22.4 Å². The first-order valence-corrected chi connectivity index (χ1v) is 20.8. The van der Waals surface area contributed by atoms with Gasteiger partial charge >= 0.3 is 0 Å². The summed E-state index contributed by atoms with van der Waals surface area (Å²) < 4.78 is 8.85. The lowest BCUT2D eigenvalue weighted by Gasteiger charge is -2.28. The number of benzene rings is 10. The molecule has 12 aromatic rings. The number of fused-ring (bicyclic) bond motifs is 7. The third-order valence-electron chi connectivity index (χ3n) is 12.2. The van der Waals surface area contributed by atoms with E-state index >= 15 is 0 Å². The summed E-state index contributed by atoms with van der Waals surface area (Å²) in [5, 5.41) is 7.17. The minimum Gasteiger partial charge on any atom is -0.455 e. The van der Waals surface area contributed by atoms with E-state index in [0.29, 0.717) is 0 Å². The molecule has 0 radical (unpaired) electrons. The minimum atomic E-state index is 0.908. The Morgan fingerprint density at radius 1 is 0.344 bits per heavy atom. The van der Waals surface area contributed by atoms with Crippen LogP contribution in [-0.4, -0.2) is 4.57 Å². The average molecular weight is 779 g/mol. The van der Waals surface area contributed by atoms with E-state index in [1.807, 2.05) is 12.1 Å². The number of furan rings is 1. The van der Waals surface area contributed by atoms with Crippen LogP contribution < -0.4 is 4.90 Å². The second-order valence-corrected chi connectivity index (χ2v) is 15.7. The molecule has 286 valence electrons. The fourth-order valence-electron chi connectivity index (χ4n) is 9.38. The van der Waals surface area contributed by atoms with E-state index in [9.17, 15) is 0 Å². The van der Waals surface area contributed by atoms with E-state index in [1.165, 1.54) is 38.1 Å². The monoisotopic (exact) mass is 778 g/mol. The second-order valence-electron chi connectivity index (χ2n) is 15.7. The van der Waals surface area contributed by atoms with Crippen molar-refractivity contribution >= 4 is 71.6 Å². The molecule has 0 unspecified atom stereocenters. The average Bonchev–Trinajstić information content (AvgIpc) is 3.88. The Morgan fingerprint density at radius 3 is 1.74 bits per heavy atom. The molecule has 0 bridgehead atoms. The van der Waals surface area contributed by atoms with E-state index in [1.54, 1.807) is 0 Å². The number of hydrogen-bond donors (Lipinski definition) is 0. The van der Waals surface area contributed by atoms with Crippen LogP contribution in [0.25, 0.3) is 93.6 Å². The molecule has 61 heavy (non-hydrogen) atoms. The zero-order chi connectivity index (χ0) is 40.3. The van der Waals surface area contributed by atoms with Crippen LogP contribution in [0, 0.1) is 0 Å². The van der Waals surface area contributed by atoms with Gasteiger partial charge in [0.2, 0.25) is 0 Å². The van der Waals surface area contributed by atoms with Gasteiger partial charge in [-0.2, -0.15) is 0 Å². The summed E-state index contributed by atoms with van der Waals surface area (Å²) >= 11 is 0. The molecule has 2 heterocycles. The molecule has 0 amide bonds. The quantitative estimate of drug-likeness (QED) is 0.161. The Bertz CT molecular complexity index is 3550. The lowest BCUT2D eigenvalue weighted by molar-refractivity contribution is 0.670. The number of rotatable bonds is 7. The second kappa shape index (κ2) is 14.3. The highest BCUT2D eigenvalue weighted by atomic mass is 16.3. The summed E-state index contributed by atoms with van der Waals surface area (Å²) in [5.74, 6) is 0. The van der Waals surface area contributed by atoms with Crippen molar-refractivity contribution in [3.8, 4) is 39.1 Å². The van der Waals surface area contributed by atoms with Crippen LogP contribution in [0.5, 0.6) is 0 Å². The molecule has 12 rings (SSSR count). The van der Waals surface area contributed by atoms with Gasteiger partial charge in [0, 0.05) is 49.4 Å². The fraction of sp³-hybridized carbons (Fsp3) is 0. The van der Waals surface area contributed by atoms with Gasteiger partial charge in [-0.05, 0) is 88.3 Å². The molecule has 0 fully saturated rings. The lowest BCUT2D eigenvalue weighted by atomic mass is 9.97. The zero-order valence-corrected chi connectivity index (χ0v) is 33.2. The van der Waals surface area contributed by atoms with E-state index < -0.39 is 0 Å². The normalized spacial score (nSPS) is 11.6. The van der Waals surface area contributed by atoms with Crippen LogP contribution in [0.15, 0.2) is 235 Å². The summed E-state index contributed by atoms with van der Waals surface area (Å²) in [5.41, 5.74) is 15.5. The summed E-state index contributed by atoms with van der Waals surface area (Å²) in [6, 6.07) is 82.9. The third kappa shape index (κ3) is 5.82. The van der Waals surface area contributed by atoms with E-state index in [-0.39, 0.29) is 0 Å². The molecule has 0 aliphatic heterocycles. The highest BCUT2D eigenvalue weighted by molar-refractivity contribution is 6.11. The molecular formula is C58H38N2O. The van der Waals surface area contributed by atoms with Crippen molar-refractivity contribution in [1.82, 2.24) is 4.57 Å². The molecule has 0 saturated heterocycles. The van der Waals surface area contributed by atoms with Crippen LogP contribution in [0.3, 0.4) is 0 Å². The van der Waals surface area contributed by atoms with Crippen LogP contribution in [-0.2, 0) is 0 Å². The molecule has 0 atom stereocenters. The van der Waals surface area contributed by atoms with Crippen molar-refractivity contribution in [3.05, 3.63) is 231 Å². The minimum absolute atomic E-state index is 0.908. The van der Waals surface area contributed by atoms with E-state index in [2.05, 4.69) is 228 Å². The Morgan fingerprint density at radius 2 is 0.918 bits per heavy atom.